The van der Waals surface area contributed by atoms with Crippen molar-refractivity contribution in [2.45, 2.75) is 32.4 Å². The fraction of sp³-hybridized carbons (Fsp3) is 0.450. The molecule has 1 aliphatic rings. The third kappa shape index (κ3) is 3.37. The topological polar surface area (TPSA) is 56.5 Å². The number of rotatable bonds is 5. The predicted molar refractivity (Wildman–Crippen MR) is 103 cm³/mol. The maximum Gasteiger partial charge on any atom is 0.212 e. The molecule has 6 heteroatoms. The number of hydrogen-bond acceptors (Lipinski definition) is 5. The number of hydrogen-bond donors (Lipinski definition) is 1. The van der Waals surface area contributed by atoms with Crippen molar-refractivity contribution < 1.29 is 14.6 Å². The van der Waals surface area contributed by atoms with E-state index >= 15 is 0 Å². The molecule has 3 aromatic rings. The van der Waals surface area contributed by atoms with Crippen molar-refractivity contribution in [2.24, 2.45) is 5.92 Å². The molecule has 1 N–H and O–H groups in total. The minimum atomic E-state index is -0.664. The van der Waals surface area contributed by atoms with E-state index in [0.717, 1.165) is 43.0 Å². The summed E-state index contributed by atoms with van der Waals surface area (Å²) in [7, 11) is 1.59. The van der Waals surface area contributed by atoms with Crippen LogP contribution in [0.25, 0.3) is 10.2 Å². The zero-order chi connectivity index (χ0) is 18.1. The molecule has 1 fully saturated rings. The predicted octanol–water partition coefficient (Wildman–Crippen LogP) is 3.92. The van der Waals surface area contributed by atoms with E-state index in [9.17, 15) is 5.11 Å². The second-order valence-electron chi connectivity index (χ2n) is 6.90. The molecule has 1 saturated heterocycles. The lowest BCUT2D eigenvalue weighted by atomic mass is 10.0. The van der Waals surface area contributed by atoms with E-state index in [2.05, 4.69) is 28.6 Å². The molecule has 0 aromatic carbocycles. The average Bonchev–Trinajstić information content (AvgIpc) is 3.21. The molecular weight excluding hydrogens is 348 g/mol. The molecule has 0 amide bonds. The Morgan fingerprint density at radius 1 is 1.35 bits per heavy atom. The van der Waals surface area contributed by atoms with Crippen molar-refractivity contribution >= 4 is 21.6 Å². The molecule has 26 heavy (non-hydrogen) atoms. The summed E-state index contributed by atoms with van der Waals surface area (Å²) in [6.07, 6.45) is 3.26. The van der Waals surface area contributed by atoms with E-state index in [-0.39, 0.29) is 0 Å². The number of aromatic nitrogens is 2. The third-order valence-electron chi connectivity index (χ3n) is 5.13. The SMILES string of the molecule is COc1ccc(C(O)c2cc3cc(C)n(CC4CCOCC4)c3s2)cn1. The number of methoxy groups -OCH3 is 1. The second-order valence-corrected chi connectivity index (χ2v) is 7.96. The van der Waals surface area contributed by atoms with Gasteiger partial charge in [-0.05, 0) is 43.9 Å². The Morgan fingerprint density at radius 2 is 2.15 bits per heavy atom. The number of aliphatic hydroxyl groups is 1. The van der Waals surface area contributed by atoms with Gasteiger partial charge in [0, 0.05) is 53.5 Å². The second kappa shape index (κ2) is 7.39. The fourth-order valence-corrected chi connectivity index (χ4v) is 4.80. The largest absolute Gasteiger partial charge is 0.481 e. The maximum absolute atomic E-state index is 10.8. The molecule has 0 radical (unpaired) electrons. The van der Waals surface area contributed by atoms with Crippen LogP contribution in [0, 0.1) is 12.8 Å². The molecule has 1 unspecified atom stereocenters. The lowest BCUT2D eigenvalue weighted by Gasteiger charge is -2.23. The van der Waals surface area contributed by atoms with E-state index in [4.69, 9.17) is 9.47 Å². The molecule has 3 aromatic heterocycles. The molecule has 0 saturated carbocycles. The van der Waals surface area contributed by atoms with E-state index < -0.39 is 6.10 Å². The highest BCUT2D eigenvalue weighted by Crippen LogP contribution is 2.36. The zero-order valence-corrected chi connectivity index (χ0v) is 16.0. The first-order valence-electron chi connectivity index (χ1n) is 9.01. The van der Waals surface area contributed by atoms with Gasteiger partial charge in [-0.25, -0.2) is 4.98 Å². The summed E-state index contributed by atoms with van der Waals surface area (Å²) in [6.45, 7) is 4.92. The Hall–Kier alpha value is -1.89. The Labute approximate surface area is 157 Å². The summed E-state index contributed by atoms with van der Waals surface area (Å²) in [5.41, 5.74) is 2.06. The standard InChI is InChI=1S/C20H24N2O3S/c1-13-9-16-10-17(19(23)15-3-4-18(24-2)21-11-15)26-20(16)22(13)12-14-5-7-25-8-6-14/h3-4,9-11,14,19,23H,5-8,12H2,1-2H3. The van der Waals surface area contributed by atoms with Crippen LogP contribution in [-0.2, 0) is 11.3 Å². The van der Waals surface area contributed by atoms with Gasteiger partial charge in [0.2, 0.25) is 5.88 Å². The van der Waals surface area contributed by atoms with Crippen molar-refractivity contribution in [1.82, 2.24) is 9.55 Å². The summed E-state index contributed by atoms with van der Waals surface area (Å²) in [6, 6.07) is 7.96. The number of pyridine rings is 1. The van der Waals surface area contributed by atoms with Crippen molar-refractivity contribution in [3.8, 4) is 5.88 Å². The van der Waals surface area contributed by atoms with Gasteiger partial charge in [0.15, 0.2) is 0 Å². The molecule has 1 atom stereocenters. The van der Waals surface area contributed by atoms with Crippen LogP contribution >= 0.6 is 11.3 Å². The molecule has 138 valence electrons. The van der Waals surface area contributed by atoms with Crippen molar-refractivity contribution in [3.05, 3.63) is 46.6 Å². The van der Waals surface area contributed by atoms with Crippen LogP contribution in [0.4, 0.5) is 0 Å². The number of thiophene rings is 1. The highest BCUT2D eigenvalue weighted by molar-refractivity contribution is 7.18. The van der Waals surface area contributed by atoms with Gasteiger partial charge in [-0.3, -0.25) is 0 Å². The minimum Gasteiger partial charge on any atom is -0.481 e. The van der Waals surface area contributed by atoms with Gasteiger partial charge in [0.1, 0.15) is 10.9 Å². The quantitative estimate of drug-likeness (QED) is 0.737. The average molecular weight is 372 g/mol. The fourth-order valence-electron chi connectivity index (χ4n) is 3.58. The molecule has 0 bridgehead atoms. The van der Waals surface area contributed by atoms with Gasteiger partial charge in [-0.2, -0.15) is 0 Å². The Kier molecular flexibility index (Phi) is 4.98. The Bertz CT molecular complexity index is 878. The number of ether oxygens (including phenoxy) is 2. The normalized spacial score (nSPS) is 16.9. The molecular formula is C20H24N2O3S. The number of nitrogens with zero attached hydrogens (tertiary/aromatic N) is 2. The summed E-state index contributed by atoms with van der Waals surface area (Å²) < 4.78 is 13.0. The first-order valence-corrected chi connectivity index (χ1v) is 9.82. The number of aliphatic hydroxyl groups excluding tert-OH is 1. The smallest absolute Gasteiger partial charge is 0.212 e. The Morgan fingerprint density at radius 3 is 2.85 bits per heavy atom. The van der Waals surface area contributed by atoms with Crippen LogP contribution in [0.1, 0.15) is 35.1 Å². The summed E-state index contributed by atoms with van der Waals surface area (Å²) in [4.78, 5) is 6.39. The summed E-state index contributed by atoms with van der Waals surface area (Å²) in [5.74, 6) is 1.22. The molecule has 4 rings (SSSR count). The van der Waals surface area contributed by atoms with Gasteiger partial charge >= 0.3 is 0 Å². The van der Waals surface area contributed by atoms with E-state index in [1.807, 2.05) is 6.07 Å². The van der Waals surface area contributed by atoms with Crippen LogP contribution in [0.2, 0.25) is 0 Å². The summed E-state index contributed by atoms with van der Waals surface area (Å²) >= 11 is 1.67. The van der Waals surface area contributed by atoms with Gasteiger partial charge in [-0.1, -0.05) is 0 Å². The van der Waals surface area contributed by atoms with Crippen LogP contribution in [0.15, 0.2) is 30.5 Å². The Balaban J connectivity index is 1.60. The van der Waals surface area contributed by atoms with Gasteiger partial charge in [0.05, 0.1) is 7.11 Å². The van der Waals surface area contributed by atoms with E-state index in [1.165, 1.54) is 15.9 Å². The molecule has 0 aliphatic carbocycles. The van der Waals surface area contributed by atoms with Crippen molar-refractivity contribution in [1.29, 1.82) is 0 Å². The van der Waals surface area contributed by atoms with E-state index in [1.54, 1.807) is 30.7 Å². The third-order valence-corrected chi connectivity index (χ3v) is 6.36. The van der Waals surface area contributed by atoms with Gasteiger partial charge in [0.25, 0.3) is 0 Å². The zero-order valence-electron chi connectivity index (χ0n) is 15.1. The maximum atomic E-state index is 10.8. The number of fused-ring (bicyclic) bond motifs is 1. The van der Waals surface area contributed by atoms with Crippen LogP contribution in [0.5, 0.6) is 5.88 Å². The molecule has 5 nitrogen and oxygen atoms in total. The highest BCUT2D eigenvalue weighted by atomic mass is 32.1. The highest BCUT2D eigenvalue weighted by Gasteiger charge is 2.20. The first-order chi connectivity index (χ1) is 12.7. The van der Waals surface area contributed by atoms with Crippen molar-refractivity contribution in [2.75, 3.05) is 20.3 Å². The van der Waals surface area contributed by atoms with Crippen LogP contribution in [0.3, 0.4) is 0 Å². The van der Waals surface area contributed by atoms with Gasteiger partial charge in [-0.15, -0.1) is 11.3 Å². The van der Waals surface area contributed by atoms with Gasteiger partial charge < -0.3 is 19.1 Å². The number of aryl methyl sites for hydroxylation is 1. The molecule has 1 aliphatic heterocycles. The van der Waals surface area contributed by atoms with Crippen LogP contribution in [-0.4, -0.2) is 35.0 Å². The molecule has 4 heterocycles. The summed E-state index contributed by atoms with van der Waals surface area (Å²) in [5, 5.41) is 12.0. The van der Waals surface area contributed by atoms with E-state index in [0.29, 0.717) is 11.8 Å². The van der Waals surface area contributed by atoms with Crippen molar-refractivity contribution in [3.63, 3.8) is 0 Å². The van der Waals surface area contributed by atoms with Crippen LogP contribution < -0.4 is 4.74 Å². The minimum absolute atomic E-state index is 0.552. The monoisotopic (exact) mass is 372 g/mol. The first kappa shape index (κ1) is 17.5. The molecule has 0 spiro atoms. The lowest BCUT2D eigenvalue weighted by molar-refractivity contribution is 0.0615. The lowest BCUT2D eigenvalue weighted by Crippen LogP contribution is -2.20.